The number of nitrogens with one attached hydrogen (secondary N) is 4. The average Bonchev–Trinajstić information content (AvgIpc) is 1.42. The number of amides is 7. The Bertz CT molecular complexity index is 3220. The molecule has 23 nitrogen and oxygen atoms in total. The normalized spacial score (nSPS) is 16.0. The fourth-order valence-corrected chi connectivity index (χ4v) is 11.9. The minimum Gasteiger partial charge on any atom is -0.493 e. The molecule has 5 rings (SSSR count). The van der Waals surface area contributed by atoms with Crippen LogP contribution in [-0.2, 0) is 34.5 Å². The number of benzene rings is 3. The number of rotatable bonds is 28. The Morgan fingerprint density at radius 2 is 1.16 bits per heavy atom. The SMILES string of the molecule is C=CCOC(=O)N[C@H](C(=O)N[C@@H](C)C(=O)Nc1ccc(COC(=O)Nc2cc(OCCCOc3cc(N(C(=O)O)C(C)(C)C)c(C(=O)N4CC(=C)C[C@H]4CO[Si](C)(C)C(C)(C)C)cc3OC)c(OC)cc2C(=O)N2CC(=C)C[C@H]2CO[Si](C)(C)C(C)(C)C)cc1)C(C)C. The smallest absolute Gasteiger partial charge is 0.412 e. The molecule has 0 bridgehead atoms. The molecule has 25 heteroatoms. The molecule has 0 aliphatic carbocycles. The molecule has 0 unspecified atom stereocenters. The van der Waals surface area contributed by atoms with Crippen LogP contribution in [0.15, 0.2) is 85.5 Å². The molecule has 2 aliphatic rings. The molecule has 5 N–H and O–H groups in total. The van der Waals surface area contributed by atoms with Crippen molar-refractivity contribution in [2.45, 2.75) is 175 Å². The van der Waals surface area contributed by atoms with E-state index >= 15 is 0 Å². The summed E-state index contributed by atoms with van der Waals surface area (Å²) in [6, 6.07) is 9.84. The van der Waals surface area contributed by atoms with Crippen molar-refractivity contribution in [1.82, 2.24) is 20.4 Å². The van der Waals surface area contributed by atoms with E-state index in [1.165, 1.54) is 51.5 Å². The first-order valence-corrected chi connectivity index (χ1v) is 37.2. The standard InChI is InChI=1S/C68H101N7O16Si2/c1-22-28-88-64(81)72-58(42(2)3)60(77)69-45(6)59(76)70-47-26-24-46(25-27-47)39-89-63(80)71-52-35-56(54(84-16)33-50(52)61(78)73-37-43(4)31-48(73)40-90-92(18,19)67(10,11)12)86-29-23-30-87-57-36-53(75(65(82)83)66(7,8)9)51(34-55(57)85-17)62(79)74-38-44(5)32-49(74)41-91-93(20,21)68(13,14)15/h22,24-27,33-36,42,45,48-49,58H,1,4-5,23,28-32,37-41H2,2-3,6-21H3,(H,69,77)(H,70,76)(H,71,80)(H,72,81)(H,82,83)/t45-,48-,49-,58-/m0/s1. The fraction of sp³-hybridized carbons (Fsp3) is 0.544. The van der Waals surface area contributed by atoms with E-state index in [1.807, 2.05) is 0 Å². The van der Waals surface area contributed by atoms with Gasteiger partial charge in [-0.25, -0.2) is 14.4 Å². The van der Waals surface area contributed by atoms with Gasteiger partial charge in [0, 0.05) is 42.9 Å². The van der Waals surface area contributed by atoms with E-state index in [0.29, 0.717) is 30.7 Å². The second-order valence-electron chi connectivity index (χ2n) is 28.0. The van der Waals surface area contributed by atoms with E-state index in [9.17, 15) is 38.7 Å². The third-order valence-corrected chi connectivity index (χ3v) is 26.2. The lowest BCUT2D eigenvalue weighted by atomic mass is 10.0. The maximum absolute atomic E-state index is 14.9. The zero-order valence-electron chi connectivity index (χ0n) is 57.9. The molecule has 2 aliphatic heterocycles. The highest BCUT2D eigenvalue weighted by Gasteiger charge is 2.43. The highest BCUT2D eigenvalue weighted by molar-refractivity contribution is 6.74. The van der Waals surface area contributed by atoms with Crippen molar-refractivity contribution in [3.8, 4) is 23.0 Å². The molecular formula is C68H101N7O16Si2. The number of hydrogen-bond donors (Lipinski definition) is 5. The molecule has 7 amide bonds. The molecule has 0 saturated carbocycles. The molecule has 2 fully saturated rings. The second-order valence-corrected chi connectivity index (χ2v) is 37.6. The maximum atomic E-state index is 14.9. The summed E-state index contributed by atoms with van der Waals surface area (Å²) in [4.78, 5) is 99.7. The monoisotopic (exact) mass is 1330 g/mol. The molecule has 0 radical (unpaired) electrons. The van der Waals surface area contributed by atoms with Gasteiger partial charge in [-0.3, -0.25) is 29.4 Å². The number of anilines is 3. The van der Waals surface area contributed by atoms with E-state index in [2.05, 4.69) is 109 Å². The van der Waals surface area contributed by atoms with Gasteiger partial charge in [0.2, 0.25) is 11.8 Å². The number of alkyl carbamates (subject to hydrolysis) is 1. The summed E-state index contributed by atoms with van der Waals surface area (Å²) in [5.74, 6) is -1.53. The Morgan fingerprint density at radius 3 is 1.62 bits per heavy atom. The number of methoxy groups -OCH3 is 2. The lowest BCUT2D eigenvalue weighted by Gasteiger charge is -2.38. The van der Waals surface area contributed by atoms with Crippen molar-refractivity contribution in [2.24, 2.45) is 5.92 Å². The number of ether oxygens (including phenoxy) is 6. The molecule has 93 heavy (non-hydrogen) atoms. The van der Waals surface area contributed by atoms with Crippen LogP contribution in [0.25, 0.3) is 0 Å². The zero-order valence-corrected chi connectivity index (χ0v) is 59.9. The molecule has 2 heterocycles. The number of nitrogens with zero attached hydrogens (tertiary/aromatic N) is 3. The Hall–Kier alpha value is -7.88. The minimum atomic E-state index is -2.24. The molecule has 3 aromatic rings. The van der Waals surface area contributed by atoms with Crippen molar-refractivity contribution in [3.63, 3.8) is 0 Å². The minimum absolute atomic E-state index is 0.0211. The molecule has 0 spiro atoms. The van der Waals surface area contributed by atoms with Crippen molar-refractivity contribution >= 4 is 75.6 Å². The van der Waals surface area contributed by atoms with Crippen molar-refractivity contribution < 1.29 is 75.9 Å². The predicted molar refractivity (Wildman–Crippen MR) is 365 cm³/mol. The molecule has 4 atom stereocenters. The Kier molecular flexibility index (Phi) is 26.0. The lowest BCUT2D eigenvalue weighted by Crippen LogP contribution is -2.53. The van der Waals surface area contributed by atoms with Crippen molar-refractivity contribution in [3.05, 3.63) is 102 Å². The number of hydrogen-bond acceptors (Lipinski definition) is 15. The van der Waals surface area contributed by atoms with E-state index in [1.54, 1.807) is 68.7 Å². The first-order valence-electron chi connectivity index (χ1n) is 31.4. The number of carbonyl (C=O) groups is 7. The van der Waals surface area contributed by atoms with Crippen molar-refractivity contribution in [1.29, 1.82) is 0 Å². The van der Waals surface area contributed by atoms with Gasteiger partial charge in [-0.05, 0) is 113 Å². The summed E-state index contributed by atoms with van der Waals surface area (Å²) in [7, 11) is -1.58. The third kappa shape index (κ3) is 20.3. The molecule has 2 saturated heterocycles. The Labute approximate surface area is 551 Å². The Morgan fingerprint density at radius 1 is 0.667 bits per heavy atom. The van der Waals surface area contributed by atoms with E-state index in [-0.39, 0.29) is 126 Å². The fourth-order valence-electron chi connectivity index (χ4n) is 9.78. The first kappa shape index (κ1) is 75.8. The van der Waals surface area contributed by atoms with Crippen LogP contribution in [0.4, 0.5) is 31.4 Å². The van der Waals surface area contributed by atoms with Crippen LogP contribution in [0, 0.1) is 5.92 Å². The number of likely N-dealkylation sites (tertiary alicyclic amines) is 2. The summed E-state index contributed by atoms with van der Waals surface area (Å²) in [5, 5.41) is 21.2. The molecule has 0 aromatic heterocycles. The molecular weight excluding hydrogens is 1230 g/mol. The van der Waals surface area contributed by atoms with Crippen LogP contribution >= 0.6 is 0 Å². The lowest BCUT2D eigenvalue weighted by molar-refractivity contribution is -0.128. The summed E-state index contributed by atoms with van der Waals surface area (Å²) in [5.41, 5.74) is 1.98. The van der Waals surface area contributed by atoms with Gasteiger partial charge >= 0.3 is 18.3 Å². The number of carboxylic acid groups (broad SMARTS) is 1. The van der Waals surface area contributed by atoms with Gasteiger partial charge in [-0.2, -0.15) is 0 Å². The van der Waals surface area contributed by atoms with Crippen LogP contribution < -0.4 is 45.1 Å². The first-order chi connectivity index (χ1) is 43.2. The van der Waals surface area contributed by atoms with Gasteiger partial charge in [-0.15, -0.1) is 0 Å². The average molecular weight is 1330 g/mol. The predicted octanol–water partition coefficient (Wildman–Crippen LogP) is 12.5. The topological polar surface area (TPSA) is 271 Å². The van der Waals surface area contributed by atoms with Crippen LogP contribution in [0.5, 0.6) is 23.0 Å². The highest BCUT2D eigenvalue weighted by atomic mass is 28.4. The third-order valence-electron chi connectivity index (χ3n) is 17.2. The van der Waals surface area contributed by atoms with E-state index in [4.69, 9.17) is 37.3 Å². The molecule has 3 aromatic carbocycles. The number of carbonyl (C=O) groups excluding carboxylic acids is 6. The largest absolute Gasteiger partial charge is 0.493 e. The summed E-state index contributed by atoms with van der Waals surface area (Å²) in [6.45, 7) is 44.5. The van der Waals surface area contributed by atoms with Crippen molar-refractivity contribution in [2.75, 3.05) is 75.9 Å². The van der Waals surface area contributed by atoms with Gasteiger partial charge in [0.05, 0.1) is 75.2 Å². The van der Waals surface area contributed by atoms with Gasteiger partial charge < -0.3 is 68.1 Å². The second kappa shape index (κ2) is 31.8. The van der Waals surface area contributed by atoms with Crippen LogP contribution in [0.3, 0.4) is 0 Å². The van der Waals surface area contributed by atoms with E-state index < -0.39 is 76.2 Å². The highest BCUT2D eigenvalue weighted by Crippen LogP contribution is 2.43. The van der Waals surface area contributed by atoms with Gasteiger partial charge in [0.25, 0.3) is 11.8 Å². The quantitative estimate of drug-likeness (QED) is 0.0257. The van der Waals surface area contributed by atoms with Crippen LogP contribution in [0.2, 0.25) is 36.3 Å². The van der Waals surface area contributed by atoms with Crippen LogP contribution in [0.1, 0.15) is 129 Å². The van der Waals surface area contributed by atoms with Crippen LogP contribution in [-0.4, -0.2) is 163 Å². The Balaban J connectivity index is 1.36. The molecule has 512 valence electrons. The zero-order chi connectivity index (χ0) is 69.7. The summed E-state index contributed by atoms with van der Waals surface area (Å²) < 4.78 is 48.1. The summed E-state index contributed by atoms with van der Waals surface area (Å²) in [6.07, 6.45) is -0.283. The summed E-state index contributed by atoms with van der Waals surface area (Å²) >= 11 is 0. The maximum Gasteiger partial charge on any atom is 0.412 e. The van der Waals surface area contributed by atoms with E-state index in [0.717, 1.165) is 16.0 Å². The van der Waals surface area contributed by atoms with Gasteiger partial charge in [-0.1, -0.05) is 104 Å². The van der Waals surface area contributed by atoms with Gasteiger partial charge in [0.1, 0.15) is 25.3 Å². The van der Waals surface area contributed by atoms with Gasteiger partial charge in [0.15, 0.2) is 39.6 Å².